The van der Waals surface area contributed by atoms with Crippen LogP contribution in [0.4, 0.5) is 5.82 Å². The lowest BCUT2D eigenvalue weighted by molar-refractivity contribution is 0.0924. The molecule has 0 bridgehead atoms. The van der Waals surface area contributed by atoms with E-state index in [0.717, 1.165) is 37.6 Å². The first kappa shape index (κ1) is 12.3. The van der Waals surface area contributed by atoms with Crippen LogP contribution in [0.15, 0.2) is 18.3 Å². The fourth-order valence-corrected chi connectivity index (χ4v) is 2.28. The van der Waals surface area contributed by atoms with Crippen molar-refractivity contribution >= 4 is 5.82 Å². The summed E-state index contributed by atoms with van der Waals surface area (Å²) in [4.78, 5) is 6.85. The van der Waals surface area contributed by atoms with Gasteiger partial charge < -0.3 is 15.4 Å². The van der Waals surface area contributed by atoms with Gasteiger partial charge in [0.1, 0.15) is 5.82 Å². The Morgan fingerprint density at radius 1 is 1.65 bits per heavy atom. The van der Waals surface area contributed by atoms with Gasteiger partial charge in [-0.25, -0.2) is 4.98 Å². The molecule has 1 aromatic rings. The van der Waals surface area contributed by atoms with Crippen LogP contribution in [0.2, 0.25) is 0 Å². The molecule has 2 heterocycles. The molecule has 0 aliphatic carbocycles. The topological polar surface area (TPSA) is 51.4 Å². The first-order chi connectivity index (χ1) is 8.24. The van der Waals surface area contributed by atoms with Gasteiger partial charge in [-0.2, -0.15) is 0 Å². The Labute approximate surface area is 103 Å². The summed E-state index contributed by atoms with van der Waals surface area (Å²) in [6.45, 7) is 6.63. The smallest absolute Gasteiger partial charge is 0.133 e. The van der Waals surface area contributed by atoms with Crippen LogP contribution in [0.5, 0.6) is 0 Å². The van der Waals surface area contributed by atoms with Crippen LogP contribution in [0.1, 0.15) is 31.9 Å². The van der Waals surface area contributed by atoms with Gasteiger partial charge in [0.2, 0.25) is 0 Å². The van der Waals surface area contributed by atoms with Crippen LogP contribution in [-0.2, 0) is 4.74 Å². The minimum atomic E-state index is 0.0130. The van der Waals surface area contributed by atoms with E-state index in [0.29, 0.717) is 6.04 Å². The van der Waals surface area contributed by atoms with Crippen LogP contribution in [0.3, 0.4) is 0 Å². The summed E-state index contributed by atoms with van der Waals surface area (Å²) >= 11 is 0. The van der Waals surface area contributed by atoms with Crippen molar-refractivity contribution in [3.8, 4) is 0 Å². The number of nitrogens with zero attached hydrogens (tertiary/aromatic N) is 2. The molecule has 0 amide bonds. The van der Waals surface area contributed by atoms with Gasteiger partial charge in [-0.15, -0.1) is 0 Å². The average molecular weight is 235 g/mol. The Balaban J connectivity index is 2.31. The number of ether oxygens (including phenoxy) is 1. The highest BCUT2D eigenvalue weighted by molar-refractivity contribution is 5.49. The van der Waals surface area contributed by atoms with Crippen LogP contribution in [0.25, 0.3) is 0 Å². The number of pyridine rings is 1. The van der Waals surface area contributed by atoms with Gasteiger partial charge in [-0.3, -0.25) is 0 Å². The summed E-state index contributed by atoms with van der Waals surface area (Å²) < 4.78 is 5.52. The van der Waals surface area contributed by atoms with E-state index in [1.54, 1.807) is 0 Å². The van der Waals surface area contributed by atoms with Crippen LogP contribution < -0.4 is 10.6 Å². The number of morpholine rings is 1. The molecule has 2 atom stereocenters. The van der Waals surface area contributed by atoms with Gasteiger partial charge in [-0.05, 0) is 19.4 Å². The Kier molecular flexibility index (Phi) is 3.97. The van der Waals surface area contributed by atoms with Gasteiger partial charge in [0.15, 0.2) is 0 Å². The normalized spacial score (nSPS) is 22.5. The maximum absolute atomic E-state index is 6.01. The van der Waals surface area contributed by atoms with Gasteiger partial charge in [0, 0.05) is 24.3 Å². The summed E-state index contributed by atoms with van der Waals surface area (Å²) in [5, 5.41) is 0. The lowest BCUT2D eigenvalue weighted by atomic mass is 10.1. The maximum atomic E-state index is 6.01. The Bertz CT molecular complexity index is 367. The zero-order valence-electron chi connectivity index (χ0n) is 10.6. The Morgan fingerprint density at radius 2 is 2.47 bits per heavy atom. The third-order valence-electron chi connectivity index (χ3n) is 3.28. The number of aromatic nitrogens is 1. The van der Waals surface area contributed by atoms with E-state index in [-0.39, 0.29) is 6.04 Å². The molecule has 0 radical (unpaired) electrons. The summed E-state index contributed by atoms with van der Waals surface area (Å²) in [6, 6.07) is 4.44. The number of nitrogens with two attached hydrogens (primary N) is 1. The molecular weight excluding hydrogens is 214 g/mol. The highest BCUT2D eigenvalue weighted by Gasteiger charge is 2.25. The van der Waals surface area contributed by atoms with E-state index >= 15 is 0 Å². The fourth-order valence-electron chi connectivity index (χ4n) is 2.28. The predicted molar refractivity (Wildman–Crippen MR) is 69.1 cm³/mol. The van der Waals surface area contributed by atoms with Crippen molar-refractivity contribution in [1.82, 2.24) is 4.98 Å². The van der Waals surface area contributed by atoms with Crippen molar-refractivity contribution in [3.63, 3.8) is 0 Å². The van der Waals surface area contributed by atoms with Crippen molar-refractivity contribution < 1.29 is 4.74 Å². The van der Waals surface area contributed by atoms with E-state index in [2.05, 4.69) is 22.9 Å². The highest BCUT2D eigenvalue weighted by atomic mass is 16.5. The lowest BCUT2D eigenvalue weighted by Gasteiger charge is -2.37. The molecule has 4 nitrogen and oxygen atoms in total. The molecule has 1 unspecified atom stereocenters. The first-order valence-electron chi connectivity index (χ1n) is 6.29. The van der Waals surface area contributed by atoms with Gasteiger partial charge in [0.05, 0.1) is 19.3 Å². The second kappa shape index (κ2) is 5.47. The molecule has 1 aliphatic heterocycles. The highest BCUT2D eigenvalue weighted by Crippen LogP contribution is 2.26. The SMILES string of the molecule is CCC1COCCN1c1ncccc1[C@@H](C)N. The minimum absolute atomic E-state index is 0.0130. The average Bonchev–Trinajstić information content (AvgIpc) is 2.38. The summed E-state index contributed by atoms with van der Waals surface area (Å²) in [5.41, 5.74) is 7.13. The van der Waals surface area contributed by atoms with E-state index in [1.165, 1.54) is 0 Å². The molecule has 1 aromatic heterocycles. The molecule has 94 valence electrons. The molecular formula is C13H21N3O. The zero-order valence-corrected chi connectivity index (χ0v) is 10.6. The largest absolute Gasteiger partial charge is 0.377 e. The van der Waals surface area contributed by atoms with E-state index in [4.69, 9.17) is 10.5 Å². The lowest BCUT2D eigenvalue weighted by Crippen LogP contribution is -2.46. The molecule has 17 heavy (non-hydrogen) atoms. The van der Waals surface area contributed by atoms with E-state index in [1.807, 2.05) is 19.2 Å². The first-order valence-corrected chi connectivity index (χ1v) is 6.29. The quantitative estimate of drug-likeness (QED) is 0.866. The van der Waals surface area contributed by atoms with Gasteiger partial charge in [0.25, 0.3) is 0 Å². The van der Waals surface area contributed by atoms with Crippen LogP contribution >= 0.6 is 0 Å². The number of rotatable bonds is 3. The molecule has 1 aliphatic rings. The van der Waals surface area contributed by atoms with E-state index in [9.17, 15) is 0 Å². The van der Waals surface area contributed by atoms with Crippen molar-refractivity contribution in [1.29, 1.82) is 0 Å². The second-order valence-corrected chi connectivity index (χ2v) is 4.54. The maximum Gasteiger partial charge on any atom is 0.133 e. The number of hydrogen-bond acceptors (Lipinski definition) is 4. The molecule has 0 saturated carbocycles. The molecule has 2 N–H and O–H groups in total. The van der Waals surface area contributed by atoms with Crippen molar-refractivity contribution in [3.05, 3.63) is 23.9 Å². The second-order valence-electron chi connectivity index (χ2n) is 4.54. The third kappa shape index (κ3) is 2.58. The summed E-state index contributed by atoms with van der Waals surface area (Å²) in [5.74, 6) is 1.03. The molecule has 4 heteroatoms. The minimum Gasteiger partial charge on any atom is -0.377 e. The summed E-state index contributed by atoms with van der Waals surface area (Å²) in [7, 11) is 0. The molecule has 1 fully saturated rings. The number of hydrogen-bond donors (Lipinski definition) is 1. The molecule has 2 rings (SSSR count). The van der Waals surface area contributed by atoms with Crippen LogP contribution in [-0.4, -0.2) is 30.8 Å². The van der Waals surface area contributed by atoms with Gasteiger partial charge >= 0.3 is 0 Å². The fraction of sp³-hybridized carbons (Fsp3) is 0.615. The third-order valence-corrected chi connectivity index (χ3v) is 3.28. The van der Waals surface area contributed by atoms with Crippen molar-refractivity contribution in [2.24, 2.45) is 5.73 Å². The predicted octanol–water partition coefficient (Wildman–Crippen LogP) is 1.72. The van der Waals surface area contributed by atoms with Crippen molar-refractivity contribution in [2.75, 3.05) is 24.7 Å². The van der Waals surface area contributed by atoms with E-state index < -0.39 is 0 Å². The number of anilines is 1. The standard InChI is InChI=1S/C13H21N3O/c1-3-11-9-17-8-7-16(11)13-12(10(2)14)5-4-6-15-13/h4-6,10-11H,3,7-9,14H2,1-2H3/t10-,11?/m1/s1. The molecule has 0 spiro atoms. The molecule has 0 aromatic carbocycles. The summed E-state index contributed by atoms with van der Waals surface area (Å²) in [6.07, 6.45) is 2.90. The zero-order chi connectivity index (χ0) is 12.3. The van der Waals surface area contributed by atoms with Gasteiger partial charge in [-0.1, -0.05) is 13.0 Å². The van der Waals surface area contributed by atoms with Crippen LogP contribution in [0, 0.1) is 0 Å². The molecule has 1 saturated heterocycles. The van der Waals surface area contributed by atoms with Crippen molar-refractivity contribution in [2.45, 2.75) is 32.4 Å². The monoisotopic (exact) mass is 235 g/mol. The Hall–Kier alpha value is -1.13. The Morgan fingerprint density at radius 3 is 3.18 bits per heavy atom.